The van der Waals surface area contributed by atoms with Gasteiger partial charge in [0.1, 0.15) is 0 Å². The molecule has 0 amide bonds. The van der Waals surface area contributed by atoms with Gasteiger partial charge in [0.15, 0.2) is 0 Å². The Labute approximate surface area is 100 Å². The van der Waals surface area contributed by atoms with Crippen LogP contribution < -0.4 is 5.73 Å². The molecule has 0 radical (unpaired) electrons. The first-order chi connectivity index (χ1) is 7.56. The van der Waals surface area contributed by atoms with E-state index in [9.17, 15) is 0 Å². The zero-order valence-electron chi connectivity index (χ0n) is 11.2. The van der Waals surface area contributed by atoms with Gasteiger partial charge in [0.2, 0.25) is 0 Å². The summed E-state index contributed by atoms with van der Waals surface area (Å²) in [5.74, 6) is 0. The van der Waals surface area contributed by atoms with Gasteiger partial charge in [-0.15, -0.1) is 0 Å². The molecule has 1 unspecified atom stereocenters. The summed E-state index contributed by atoms with van der Waals surface area (Å²) in [6.45, 7) is 1.61. The second kappa shape index (κ2) is 8.16. The fourth-order valence-electron chi connectivity index (χ4n) is 1.86. The average molecular weight is 250 g/mol. The third-order valence-electron chi connectivity index (χ3n) is 2.79. The van der Waals surface area contributed by atoms with Gasteiger partial charge in [-0.25, -0.2) is 0 Å². The molecule has 2 N–H and O–H groups in total. The van der Waals surface area contributed by atoms with Crippen LogP contribution in [0.4, 0.5) is 0 Å². The maximum atomic E-state index is 5.64. The summed E-state index contributed by atoms with van der Waals surface area (Å²) in [4.78, 5) is 2.14. The average Bonchev–Trinajstić information content (AvgIpc) is 2.28. The van der Waals surface area contributed by atoms with E-state index in [2.05, 4.69) is 19.0 Å². The first-order valence-electron chi connectivity index (χ1n) is 5.56. The molecule has 0 spiro atoms. The third kappa shape index (κ3) is 4.48. The molecule has 0 bridgehead atoms. The summed E-state index contributed by atoms with van der Waals surface area (Å²) < 4.78 is 16.5. The first kappa shape index (κ1) is 16.0. The van der Waals surface area contributed by atoms with Crippen LogP contribution in [0.15, 0.2) is 0 Å². The summed E-state index contributed by atoms with van der Waals surface area (Å²) >= 11 is 0. The van der Waals surface area contributed by atoms with E-state index in [4.69, 9.17) is 19.0 Å². The van der Waals surface area contributed by atoms with E-state index in [0.717, 1.165) is 19.4 Å². The highest BCUT2D eigenvalue weighted by molar-refractivity contribution is 6.62. The molecule has 98 valence electrons. The summed E-state index contributed by atoms with van der Waals surface area (Å²) in [7, 11) is 6.51. The lowest BCUT2D eigenvalue weighted by molar-refractivity contribution is 0.107. The van der Waals surface area contributed by atoms with E-state index >= 15 is 0 Å². The van der Waals surface area contributed by atoms with Gasteiger partial charge >= 0.3 is 8.80 Å². The minimum atomic E-state index is -2.54. The quantitative estimate of drug-likeness (QED) is 0.605. The highest BCUT2D eigenvalue weighted by Gasteiger charge is 2.46. The Balaban J connectivity index is 4.56. The number of hydrogen-bond acceptors (Lipinski definition) is 5. The Kier molecular flexibility index (Phi) is 8.17. The van der Waals surface area contributed by atoms with Crippen molar-refractivity contribution < 1.29 is 13.3 Å². The van der Waals surface area contributed by atoms with Crippen LogP contribution in [-0.2, 0) is 13.3 Å². The van der Waals surface area contributed by atoms with Crippen LogP contribution in [0.5, 0.6) is 0 Å². The van der Waals surface area contributed by atoms with E-state index in [1.807, 2.05) is 0 Å². The van der Waals surface area contributed by atoms with Crippen molar-refractivity contribution in [3.8, 4) is 0 Å². The zero-order chi connectivity index (χ0) is 12.6. The molecule has 0 heterocycles. The summed E-state index contributed by atoms with van der Waals surface area (Å²) in [6.07, 6.45) is 1.85. The molecule has 0 aliphatic carbocycles. The van der Waals surface area contributed by atoms with Crippen molar-refractivity contribution in [3.63, 3.8) is 0 Å². The molecule has 5 nitrogen and oxygen atoms in total. The Morgan fingerprint density at radius 3 is 1.88 bits per heavy atom. The van der Waals surface area contributed by atoms with Gasteiger partial charge in [0.25, 0.3) is 0 Å². The second-order valence-corrected chi connectivity index (χ2v) is 7.33. The largest absolute Gasteiger partial charge is 0.503 e. The minimum Gasteiger partial charge on any atom is -0.377 e. The van der Waals surface area contributed by atoms with Crippen LogP contribution in [0.2, 0.25) is 5.54 Å². The van der Waals surface area contributed by atoms with Gasteiger partial charge in [-0.1, -0.05) is 0 Å². The van der Waals surface area contributed by atoms with Crippen LogP contribution >= 0.6 is 0 Å². The van der Waals surface area contributed by atoms with E-state index in [1.54, 1.807) is 21.3 Å². The van der Waals surface area contributed by atoms with E-state index < -0.39 is 8.80 Å². The predicted molar refractivity (Wildman–Crippen MR) is 67.4 cm³/mol. The predicted octanol–water partition coefficient (Wildman–Crippen LogP) is 0.535. The van der Waals surface area contributed by atoms with E-state index in [-0.39, 0.29) is 5.54 Å². The maximum absolute atomic E-state index is 5.64. The van der Waals surface area contributed by atoms with E-state index in [1.165, 1.54) is 0 Å². The molecule has 0 aliphatic rings. The molecule has 0 aromatic heterocycles. The lowest BCUT2D eigenvalue weighted by Gasteiger charge is -2.32. The Bertz CT molecular complexity index is 169. The molecule has 0 rings (SSSR count). The molecular weight excluding hydrogens is 224 g/mol. The van der Waals surface area contributed by atoms with Gasteiger partial charge in [-0.2, -0.15) is 0 Å². The topological polar surface area (TPSA) is 57.0 Å². The number of rotatable bonds is 9. The summed E-state index contributed by atoms with van der Waals surface area (Å²) in [5, 5.41) is 0. The van der Waals surface area contributed by atoms with Crippen LogP contribution in [0.1, 0.15) is 12.8 Å². The fraction of sp³-hybridized carbons (Fsp3) is 1.00. The van der Waals surface area contributed by atoms with Crippen molar-refractivity contribution in [1.29, 1.82) is 0 Å². The van der Waals surface area contributed by atoms with Crippen molar-refractivity contribution in [3.05, 3.63) is 0 Å². The minimum absolute atomic E-state index is 0.264. The number of nitrogens with two attached hydrogens (primary N) is 1. The highest BCUT2D eigenvalue weighted by Crippen LogP contribution is 2.30. The standard InChI is InChI=1S/C10H26N2O3Si/c1-12(2)9-7-10(6-8-11)16(13-3,14-4)15-5/h10H,6-9,11H2,1-5H3. The zero-order valence-corrected chi connectivity index (χ0v) is 12.2. The van der Waals surface area contributed by atoms with Crippen LogP contribution in [0, 0.1) is 0 Å². The summed E-state index contributed by atoms with van der Waals surface area (Å²) in [5.41, 5.74) is 5.90. The fourth-order valence-corrected chi connectivity index (χ4v) is 4.37. The monoisotopic (exact) mass is 250 g/mol. The van der Waals surface area contributed by atoms with Crippen LogP contribution in [0.3, 0.4) is 0 Å². The Morgan fingerprint density at radius 2 is 1.56 bits per heavy atom. The molecule has 1 atom stereocenters. The van der Waals surface area contributed by atoms with Gasteiger partial charge < -0.3 is 23.9 Å². The van der Waals surface area contributed by atoms with Gasteiger partial charge in [-0.3, -0.25) is 0 Å². The smallest absolute Gasteiger partial charge is 0.377 e. The van der Waals surface area contributed by atoms with Crippen molar-refractivity contribution in [2.45, 2.75) is 18.4 Å². The molecule has 0 aliphatic heterocycles. The van der Waals surface area contributed by atoms with Crippen LogP contribution in [-0.4, -0.2) is 62.2 Å². The lowest BCUT2D eigenvalue weighted by atomic mass is 10.2. The van der Waals surface area contributed by atoms with Gasteiger partial charge in [0, 0.05) is 26.9 Å². The molecule has 0 aromatic rings. The maximum Gasteiger partial charge on any atom is 0.503 e. The van der Waals surface area contributed by atoms with Gasteiger partial charge in [0.05, 0.1) is 0 Å². The molecule has 6 heteroatoms. The molecule has 0 aromatic carbocycles. The third-order valence-corrected chi connectivity index (χ3v) is 6.08. The lowest BCUT2D eigenvalue weighted by Crippen LogP contribution is -2.48. The molecule has 0 saturated carbocycles. The first-order valence-corrected chi connectivity index (χ1v) is 7.36. The van der Waals surface area contributed by atoms with Crippen molar-refractivity contribution in [2.24, 2.45) is 5.73 Å². The number of hydrogen-bond donors (Lipinski definition) is 1. The van der Waals surface area contributed by atoms with Gasteiger partial charge in [-0.05, 0) is 40.0 Å². The molecule has 0 fully saturated rings. The van der Waals surface area contributed by atoms with Crippen molar-refractivity contribution in [2.75, 3.05) is 48.5 Å². The summed E-state index contributed by atoms with van der Waals surface area (Å²) in [6, 6.07) is 0. The number of nitrogens with zero attached hydrogens (tertiary/aromatic N) is 1. The second-order valence-electron chi connectivity index (χ2n) is 4.08. The molecule has 0 saturated heterocycles. The Hall–Kier alpha value is 0.0169. The molecular formula is C10H26N2O3Si. The molecule has 16 heavy (non-hydrogen) atoms. The van der Waals surface area contributed by atoms with Crippen molar-refractivity contribution >= 4 is 8.80 Å². The normalized spacial score (nSPS) is 14.4. The van der Waals surface area contributed by atoms with Crippen molar-refractivity contribution in [1.82, 2.24) is 4.90 Å². The van der Waals surface area contributed by atoms with E-state index in [0.29, 0.717) is 6.54 Å². The highest BCUT2D eigenvalue weighted by atomic mass is 28.4. The SMILES string of the molecule is CO[Si](OC)(OC)C(CCN)CCN(C)C. The Morgan fingerprint density at radius 1 is 1.06 bits per heavy atom. The van der Waals surface area contributed by atoms with Crippen LogP contribution in [0.25, 0.3) is 0 Å².